The molecule has 1 rings (SSSR count). The van der Waals surface area contributed by atoms with Crippen LogP contribution in [-0.2, 0) is 4.74 Å². The predicted molar refractivity (Wildman–Crippen MR) is 82.3 cm³/mol. The average molecular weight is 279 g/mol. The third kappa shape index (κ3) is 7.63. The van der Waals surface area contributed by atoms with Gasteiger partial charge in [-0.25, -0.2) is 0 Å². The first-order chi connectivity index (χ1) is 9.72. The van der Waals surface area contributed by atoms with Gasteiger partial charge in [-0.15, -0.1) is 0 Å². The summed E-state index contributed by atoms with van der Waals surface area (Å²) in [6.45, 7) is 7.36. The molecule has 20 heavy (non-hydrogen) atoms. The lowest BCUT2D eigenvalue weighted by Crippen LogP contribution is -2.34. The number of nitrogens with zero attached hydrogens (tertiary/aromatic N) is 1. The summed E-state index contributed by atoms with van der Waals surface area (Å²) in [6.07, 6.45) is 0.885. The van der Waals surface area contributed by atoms with Crippen molar-refractivity contribution in [3.63, 3.8) is 0 Å². The maximum atomic E-state index is 5.73. The summed E-state index contributed by atoms with van der Waals surface area (Å²) in [6, 6.07) is 7.97. The van der Waals surface area contributed by atoms with Crippen LogP contribution in [0.1, 0.15) is 18.9 Å². The highest BCUT2D eigenvalue weighted by molar-refractivity contribution is 5.77. The number of aryl methyl sites for hydroxylation is 1. The Bertz CT molecular complexity index is 408. The Morgan fingerprint density at radius 3 is 2.95 bits per heavy atom. The highest BCUT2D eigenvalue weighted by Crippen LogP contribution is 2.11. The number of ether oxygens (including phenoxy) is 2. The third-order valence-electron chi connectivity index (χ3n) is 2.60. The van der Waals surface area contributed by atoms with Gasteiger partial charge in [-0.3, -0.25) is 4.99 Å². The largest absolute Gasteiger partial charge is 0.492 e. The first kappa shape index (κ1) is 16.3. The molecule has 112 valence electrons. The molecule has 0 radical (unpaired) electrons. The molecule has 0 unspecified atom stereocenters. The van der Waals surface area contributed by atoms with Crippen molar-refractivity contribution in [1.82, 2.24) is 5.32 Å². The van der Waals surface area contributed by atoms with E-state index in [4.69, 9.17) is 15.2 Å². The van der Waals surface area contributed by atoms with E-state index in [1.165, 1.54) is 5.56 Å². The van der Waals surface area contributed by atoms with E-state index < -0.39 is 0 Å². The SMILES string of the molecule is CCOCCCN=C(N)NCCOc1cccc(C)c1. The number of aliphatic imine (C=N–C) groups is 1. The molecular formula is C15H25N3O2. The minimum absolute atomic E-state index is 0.453. The number of nitrogens with one attached hydrogen (secondary N) is 1. The molecule has 0 fully saturated rings. The molecule has 0 amide bonds. The summed E-state index contributed by atoms with van der Waals surface area (Å²) in [5.41, 5.74) is 6.92. The summed E-state index contributed by atoms with van der Waals surface area (Å²) in [4.78, 5) is 4.20. The third-order valence-corrected chi connectivity index (χ3v) is 2.60. The maximum absolute atomic E-state index is 5.73. The van der Waals surface area contributed by atoms with Crippen LogP contribution in [0.25, 0.3) is 0 Å². The van der Waals surface area contributed by atoms with Crippen molar-refractivity contribution in [3.8, 4) is 5.75 Å². The molecule has 1 aromatic rings. The van der Waals surface area contributed by atoms with Crippen LogP contribution in [0.5, 0.6) is 5.75 Å². The normalized spacial score (nSPS) is 11.4. The Morgan fingerprint density at radius 1 is 1.35 bits per heavy atom. The second-order valence-corrected chi connectivity index (χ2v) is 4.41. The number of hydrogen-bond acceptors (Lipinski definition) is 3. The Hall–Kier alpha value is -1.75. The van der Waals surface area contributed by atoms with Crippen LogP contribution in [0.15, 0.2) is 29.3 Å². The Labute approximate surface area is 121 Å². The van der Waals surface area contributed by atoms with Gasteiger partial charge >= 0.3 is 0 Å². The second-order valence-electron chi connectivity index (χ2n) is 4.41. The molecule has 0 bridgehead atoms. The van der Waals surface area contributed by atoms with E-state index in [-0.39, 0.29) is 0 Å². The summed E-state index contributed by atoms with van der Waals surface area (Å²) in [5, 5.41) is 3.02. The number of hydrogen-bond donors (Lipinski definition) is 2. The first-order valence-corrected chi connectivity index (χ1v) is 7.03. The molecule has 0 aliphatic rings. The minimum Gasteiger partial charge on any atom is -0.492 e. The highest BCUT2D eigenvalue weighted by atomic mass is 16.5. The van der Waals surface area contributed by atoms with Gasteiger partial charge < -0.3 is 20.5 Å². The molecule has 0 aliphatic heterocycles. The van der Waals surface area contributed by atoms with Crippen LogP contribution < -0.4 is 15.8 Å². The molecule has 0 saturated carbocycles. The predicted octanol–water partition coefficient (Wildman–Crippen LogP) is 1.70. The molecule has 5 heteroatoms. The van der Waals surface area contributed by atoms with Crippen molar-refractivity contribution in [3.05, 3.63) is 29.8 Å². The van der Waals surface area contributed by atoms with Gasteiger partial charge in [-0.05, 0) is 38.0 Å². The topological polar surface area (TPSA) is 68.9 Å². The molecule has 0 spiro atoms. The summed E-state index contributed by atoms with van der Waals surface area (Å²) < 4.78 is 10.8. The fourth-order valence-corrected chi connectivity index (χ4v) is 1.62. The summed E-state index contributed by atoms with van der Waals surface area (Å²) in [5.74, 6) is 1.33. The van der Waals surface area contributed by atoms with E-state index in [0.29, 0.717) is 25.7 Å². The van der Waals surface area contributed by atoms with Gasteiger partial charge in [0.2, 0.25) is 0 Å². The van der Waals surface area contributed by atoms with Crippen molar-refractivity contribution < 1.29 is 9.47 Å². The molecular weight excluding hydrogens is 254 g/mol. The molecule has 3 N–H and O–H groups in total. The summed E-state index contributed by atoms with van der Waals surface area (Å²) >= 11 is 0. The van der Waals surface area contributed by atoms with Crippen LogP contribution in [0.3, 0.4) is 0 Å². The van der Waals surface area contributed by atoms with Gasteiger partial charge in [0.15, 0.2) is 5.96 Å². The lowest BCUT2D eigenvalue weighted by Gasteiger charge is -2.08. The Kier molecular flexibility index (Phi) is 8.22. The quantitative estimate of drug-likeness (QED) is 0.410. The lowest BCUT2D eigenvalue weighted by atomic mass is 10.2. The zero-order valence-corrected chi connectivity index (χ0v) is 12.4. The molecule has 0 heterocycles. The van der Waals surface area contributed by atoms with Crippen molar-refractivity contribution in [2.75, 3.05) is 32.9 Å². The van der Waals surface area contributed by atoms with Crippen LogP contribution in [-0.4, -0.2) is 38.9 Å². The zero-order valence-electron chi connectivity index (χ0n) is 12.4. The number of benzene rings is 1. The Balaban J connectivity index is 2.09. The van der Waals surface area contributed by atoms with Gasteiger partial charge in [0.25, 0.3) is 0 Å². The van der Waals surface area contributed by atoms with E-state index in [9.17, 15) is 0 Å². The smallest absolute Gasteiger partial charge is 0.188 e. The van der Waals surface area contributed by atoms with Crippen molar-refractivity contribution >= 4 is 5.96 Å². The number of guanidine groups is 1. The maximum Gasteiger partial charge on any atom is 0.188 e. The van der Waals surface area contributed by atoms with E-state index >= 15 is 0 Å². The van der Waals surface area contributed by atoms with Crippen LogP contribution in [0, 0.1) is 6.92 Å². The van der Waals surface area contributed by atoms with Gasteiger partial charge in [0, 0.05) is 19.8 Å². The van der Waals surface area contributed by atoms with Gasteiger partial charge in [0.1, 0.15) is 12.4 Å². The fourth-order valence-electron chi connectivity index (χ4n) is 1.62. The average Bonchev–Trinajstić information content (AvgIpc) is 2.43. The van der Waals surface area contributed by atoms with Crippen molar-refractivity contribution in [2.24, 2.45) is 10.7 Å². The Morgan fingerprint density at radius 2 is 2.20 bits per heavy atom. The van der Waals surface area contributed by atoms with Gasteiger partial charge in [-0.2, -0.15) is 0 Å². The van der Waals surface area contributed by atoms with Gasteiger partial charge in [0.05, 0.1) is 6.54 Å². The minimum atomic E-state index is 0.453. The fraction of sp³-hybridized carbons (Fsp3) is 0.533. The highest BCUT2D eigenvalue weighted by Gasteiger charge is 1.95. The van der Waals surface area contributed by atoms with Crippen LogP contribution >= 0.6 is 0 Å². The van der Waals surface area contributed by atoms with Crippen molar-refractivity contribution in [1.29, 1.82) is 0 Å². The summed E-state index contributed by atoms with van der Waals surface area (Å²) in [7, 11) is 0. The lowest BCUT2D eigenvalue weighted by molar-refractivity contribution is 0.146. The molecule has 5 nitrogen and oxygen atoms in total. The molecule has 0 saturated heterocycles. The van der Waals surface area contributed by atoms with Crippen LogP contribution in [0.2, 0.25) is 0 Å². The monoisotopic (exact) mass is 279 g/mol. The van der Waals surface area contributed by atoms with E-state index in [2.05, 4.69) is 10.3 Å². The molecule has 0 atom stereocenters. The van der Waals surface area contributed by atoms with Crippen molar-refractivity contribution in [2.45, 2.75) is 20.3 Å². The second kappa shape index (κ2) is 10.1. The molecule has 0 aliphatic carbocycles. The number of rotatable bonds is 9. The van der Waals surface area contributed by atoms with E-state index in [0.717, 1.165) is 25.4 Å². The number of nitrogens with two attached hydrogens (primary N) is 1. The zero-order chi connectivity index (χ0) is 14.6. The molecule has 0 aromatic heterocycles. The first-order valence-electron chi connectivity index (χ1n) is 7.03. The van der Waals surface area contributed by atoms with E-state index in [1.807, 2.05) is 38.1 Å². The van der Waals surface area contributed by atoms with Gasteiger partial charge in [-0.1, -0.05) is 12.1 Å². The van der Waals surface area contributed by atoms with E-state index in [1.54, 1.807) is 0 Å². The standard InChI is InChI=1S/C15H25N3O2/c1-3-19-10-5-8-17-15(16)18-9-11-20-14-7-4-6-13(2)12-14/h4,6-7,12H,3,5,8-11H2,1-2H3,(H3,16,17,18). The molecule has 1 aromatic carbocycles. The van der Waals surface area contributed by atoms with Crippen LogP contribution in [0.4, 0.5) is 0 Å².